The molecular formula is C5H9N5O3. The van der Waals surface area contributed by atoms with Gasteiger partial charge in [-0.25, -0.2) is 4.63 Å². The Kier molecular flexibility index (Phi) is 3.03. The number of anilines is 1. The van der Waals surface area contributed by atoms with Crippen molar-refractivity contribution in [3.63, 3.8) is 0 Å². The molecule has 0 unspecified atom stereocenters. The van der Waals surface area contributed by atoms with Gasteiger partial charge in [0.15, 0.2) is 11.5 Å². The van der Waals surface area contributed by atoms with Gasteiger partial charge in [-0.15, -0.1) is 0 Å². The summed E-state index contributed by atoms with van der Waals surface area (Å²) in [7, 11) is 0. The average molecular weight is 187 g/mol. The molecule has 0 saturated carbocycles. The van der Waals surface area contributed by atoms with Crippen LogP contribution in [0.25, 0.3) is 0 Å². The summed E-state index contributed by atoms with van der Waals surface area (Å²) in [5, 5.41) is 29.1. The third kappa shape index (κ3) is 2.06. The van der Waals surface area contributed by atoms with Gasteiger partial charge in [-0.1, -0.05) is 5.16 Å². The Balaban J connectivity index is 2.77. The second kappa shape index (κ2) is 4.26. The number of oxime groups is 1. The van der Waals surface area contributed by atoms with Gasteiger partial charge in [-0.05, 0) is 10.3 Å². The van der Waals surface area contributed by atoms with Crippen LogP contribution in [0.1, 0.15) is 5.69 Å². The van der Waals surface area contributed by atoms with Gasteiger partial charge in [0.05, 0.1) is 6.61 Å². The molecule has 0 aliphatic heterocycles. The van der Waals surface area contributed by atoms with Crippen LogP contribution in [-0.2, 0) is 0 Å². The van der Waals surface area contributed by atoms with Crippen molar-refractivity contribution in [1.82, 2.24) is 10.3 Å². The Morgan fingerprint density at radius 1 is 1.62 bits per heavy atom. The zero-order valence-corrected chi connectivity index (χ0v) is 6.64. The van der Waals surface area contributed by atoms with Crippen molar-refractivity contribution in [2.24, 2.45) is 10.9 Å². The molecule has 0 atom stereocenters. The zero-order valence-electron chi connectivity index (χ0n) is 6.64. The number of amidine groups is 1. The Morgan fingerprint density at radius 3 is 3.00 bits per heavy atom. The molecule has 1 aromatic heterocycles. The highest BCUT2D eigenvalue weighted by Crippen LogP contribution is 2.07. The molecule has 0 saturated heterocycles. The number of aliphatic hydroxyl groups excluding tert-OH is 1. The van der Waals surface area contributed by atoms with E-state index < -0.39 is 0 Å². The Bertz CT molecular complexity index is 296. The van der Waals surface area contributed by atoms with E-state index in [1.165, 1.54) is 0 Å². The SMILES string of the molecule is N/C(=N\O)c1nonc1NCCO. The van der Waals surface area contributed by atoms with Gasteiger partial charge in [-0.2, -0.15) is 0 Å². The number of nitrogens with two attached hydrogens (primary N) is 1. The van der Waals surface area contributed by atoms with E-state index in [4.69, 9.17) is 16.0 Å². The first-order valence-electron chi connectivity index (χ1n) is 3.44. The molecule has 5 N–H and O–H groups in total. The van der Waals surface area contributed by atoms with E-state index in [2.05, 4.69) is 25.4 Å². The van der Waals surface area contributed by atoms with Crippen molar-refractivity contribution in [2.45, 2.75) is 0 Å². The highest BCUT2D eigenvalue weighted by Gasteiger charge is 2.13. The number of hydrogen-bond acceptors (Lipinski definition) is 7. The van der Waals surface area contributed by atoms with Gasteiger partial charge in [0.2, 0.25) is 5.82 Å². The number of aliphatic hydroxyl groups is 1. The first-order valence-corrected chi connectivity index (χ1v) is 3.44. The number of nitrogens with one attached hydrogen (secondary N) is 1. The molecule has 0 bridgehead atoms. The second-order valence-electron chi connectivity index (χ2n) is 2.10. The number of aromatic nitrogens is 2. The lowest BCUT2D eigenvalue weighted by atomic mass is 10.4. The summed E-state index contributed by atoms with van der Waals surface area (Å²) in [5.41, 5.74) is 5.35. The predicted molar refractivity (Wildman–Crippen MR) is 42.4 cm³/mol. The largest absolute Gasteiger partial charge is 0.409 e. The van der Waals surface area contributed by atoms with Gasteiger partial charge in [0.1, 0.15) is 0 Å². The molecule has 0 amide bonds. The van der Waals surface area contributed by atoms with Gasteiger partial charge in [0, 0.05) is 6.54 Å². The lowest BCUT2D eigenvalue weighted by Crippen LogP contribution is -2.17. The van der Waals surface area contributed by atoms with E-state index >= 15 is 0 Å². The van der Waals surface area contributed by atoms with Crippen LogP contribution in [0.15, 0.2) is 9.78 Å². The van der Waals surface area contributed by atoms with Gasteiger partial charge >= 0.3 is 0 Å². The average Bonchev–Trinajstić information content (AvgIpc) is 2.61. The lowest BCUT2D eigenvalue weighted by molar-refractivity contribution is 0.302. The topological polar surface area (TPSA) is 130 Å². The maximum Gasteiger partial charge on any atom is 0.202 e. The molecule has 0 aliphatic carbocycles. The minimum Gasteiger partial charge on any atom is -0.409 e. The highest BCUT2D eigenvalue weighted by molar-refractivity contribution is 5.99. The Hall–Kier alpha value is -1.83. The quantitative estimate of drug-likeness (QED) is 0.197. The van der Waals surface area contributed by atoms with Crippen LogP contribution in [0, 0.1) is 0 Å². The Morgan fingerprint density at radius 2 is 2.38 bits per heavy atom. The van der Waals surface area contributed by atoms with Gasteiger partial charge in [-0.3, -0.25) is 0 Å². The lowest BCUT2D eigenvalue weighted by Gasteiger charge is -1.98. The summed E-state index contributed by atoms with van der Waals surface area (Å²) < 4.78 is 4.35. The van der Waals surface area contributed by atoms with Crippen molar-refractivity contribution < 1.29 is 14.9 Å². The highest BCUT2D eigenvalue weighted by atomic mass is 16.6. The fourth-order valence-electron chi connectivity index (χ4n) is 0.694. The van der Waals surface area contributed by atoms with Crippen LogP contribution < -0.4 is 11.1 Å². The summed E-state index contributed by atoms with van der Waals surface area (Å²) in [5.74, 6) is 0.0195. The van der Waals surface area contributed by atoms with E-state index in [1.807, 2.05) is 0 Å². The monoisotopic (exact) mass is 187 g/mol. The minimum absolute atomic E-state index is 0.0670. The van der Waals surface area contributed by atoms with Crippen molar-refractivity contribution in [3.8, 4) is 0 Å². The van der Waals surface area contributed by atoms with Crippen molar-refractivity contribution in [3.05, 3.63) is 5.69 Å². The molecule has 1 aromatic rings. The van der Waals surface area contributed by atoms with Crippen LogP contribution in [0.3, 0.4) is 0 Å². The first-order chi connectivity index (χ1) is 6.29. The molecule has 0 spiro atoms. The van der Waals surface area contributed by atoms with Crippen molar-refractivity contribution >= 4 is 11.7 Å². The summed E-state index contributed by atoms with van der Waals surface area (Å²) in [6.45, 7) is 0.211. The number of hydrogen-bond donors (Lipinski definition) is 4. The second-order valence-corrected chi connectivity index (χ2v) is 2.10. The maximum atomic E-state index is 8.50. The molecule has 0 radical (unpaired) electrons. The first kappa shape index (κ1) is 9.26. The van der Waals surface area contributed by atoms with Crippen LogP contribution in [0.5, 0.6) is 0 Å². The number of nitrogens with zero attached hydrogens (tertiary/aromatic N) is 3. The number of rotatable bonds is 4. The summed E-state index contributed by atoms with van der Waals surface area (Å²) >= 11 is 0. The smallest absolute Gasteiger partial charge is 0.202 e. The van der Waals surface area contributed by atoms with Crippen LogP contribution in [0.4, 0.5) is 5.82 Å². The third-order valence-electron chi connectivity index (χ3n) is 1.24. The molecule has 0 aliphatic rings. The van der Waals surface area contributed by atoms with E-state index in [0.29, 0.717) is 0 Å². The molecule has 8 heteroatoms. The maximum absolute atomic E-state index is 8.50. The summed E-state index contributed by atoms with van der Waals surface area (Å²) in [4.78, 5) is 0. The minimum atomic E-state index is -0.207. The van der Waals surface area contributed by atoms with E-state index in [9.17, 15) is 0 Å². The molecule has 1 rings (SSSR count). The fraction of sp³-hybridized carbons (Fsp3) is 0.400. The predicted octanol–water partition coefficient (Wildman–Crippen LogP) is -1.43. The van der Waals surface area contributed by atoms with Crippen LogP contribution >= 0.6 is 0 Å². The van der Waals surface area contributed by atoms with Crippen molar-refractivity contribution in [1.29, 1.82) is 0 Å². The standard InChI is InChI=1S/C5H9N5O3/c6-4(8-12)3-5(7-1-2-11)10-13-9-3/h11-12H,1-2H2,(H2,6,8)(H,7,10). The molecule has 0 aromatic carbocycles. The Labute approximate surface area is 73.0 Å². The van der Waals surface area contributed by atoms with E-state index in [1.54, 1.807) is 0 Å². The molecule has 8 nitrogen and oxygen atoms in total. The zero-order chi connectivity index (χ0) is 9.68. The summed E-state index contributed by atoms with van der Waals surface area (Å²) in [6, 6.07) is 0. The molecule has 72 valence electrons. The molecule has 1 heterocycles. The summed E-state index contributed by atoms with van der Waals surface area (Å²) in [6.07, 6.45) is 0. The van der Waals surface area contributed by atoms with E-state index in [-0.39, 0.29) is 30.5 Å². The van der Waals surface area contributed by atoms with Gasteiger partial charge < -0.3 is 21.4 Å². The van der Waals surface area contributed by atoms with Crippen molar-refractivity contribution in [2.75, 3.05) is 18.5 Å². The molecule has 13 heavy (non-hydrogen) atoms. The normalized spacial score (nSPS) is 11.6. The molecule has 0 fully saturated rings. The molecular weight excluding hydrogens is 178 g/mol. The van der Waals surface area contributed by atoms with Crippen LogP contribution in [-0.4, -0.2) is 39.6 Å². The van der Waals surface area contributed by atoms with Crippen LogP contribution in [0.2, 0.25) is 0 Å². The van der Waals surface area contributed by atoms with Gasteiger partial charge in [0.25, 0.3) is 0 Å². The third-order valence-corrected chi connectivity index (χ3v) is 1.24. The fourth-order valence-corrected chi connectivity index (χ4v) is 0.694. The van der Waals surface area contributed by atoms with E-state index in [0.717, 1.165) is 0 Å².